The Labute approximate surface area is 215 Å². The van der Waals surface area contributed by atoms with Crippen LogP contribution in [0.5, 0.6) is 0 Å². The van der Waals surface area contributed by atoms with Gasteiger partial charge < -0.3 is 14.2 Å². The maximum atomic E-state index is 13.6. The molecule has 0 atom stereocenters. The van der Waals surface area contributed by atoms with Crippen molar-refractivity contribution in [2.75, 3.05) is 32.7 Å². The summed E-state index contributed by atoms with van der Waals surface area (Å²) < 4.78 is 7.49. The monoisotopic (exact) mass is 501 g/mol. The molecule has 2 heterocycles. The second-order valence-corrected chi connectivity index (χ2v) is 9.45. The van der Waals surface area contributed by atoms with Gasteiger partial charge in [-0.3, -0.25) is 14.5 Å². The van der Waals surface area contributed by atoms with Gasteiger partial charge in [0.05, 0.1) is 6.54 Å². The smallest absolute Gasteiger partial charge is 0.320 e. The Kier molecular flexibility index (Phi) is 7.35. The number of halogens is 1. The molecule has 184 valence electrons. The number of carbonyl (C=O) groups is 2. The van der Waals surface area contributed by atoms with E-state index < -0.39 is 0 Å². The van der Waals surface area contributed by atoms with Crippen molar-refractivity contribution in [1.82, 2.24) is 14.4 Å². The number of amides is 1. The largest absolute Gasteiger partial charge is 0.460 e. The predicted octanol–water partition coefficient (Wildman–Crippen LogP) is 4.84. The molecule has 1 fully saturated rings. The molecule has 0 saturated carbocycles. The van der Waals surface area contributed by atoms with Crippen LogP contribution in [-0.4, -0.2) is 59.0 Å². The third kappa shape index (κ3) is 5.61. The van der Waals surface area contributed by atoms with Gasteiger partial charge in [-0.15, -0.1) is 0 Å². The van der Waals surface area contributed by atoms with Crippen molar-refractivity contribution < 1.29 is 14.3 Å². The Morgan fingerprint density at radius 1 is 0.806 bits per heavy atom. The van der Waals surface area contributed by atoms with Crippen LogP contribution in [-0.2, 0) is 22.7 Å². The number of ether oxygens (including phenoxy) is 1. The topological polar surface area (TPSA) is 54.8 Å². The zero-order chi connectivity index (χ0) is 24.9. The normalized spacial score (nSPS) is 14.2. The maximum absolute atomic E-state index is 13.6. The van der Waals surface area contributed by atoms with E-state index >= 15 is 0 Å². The van der Waals surface area contributed by atoms with Crippen molar-refractivity contribution in [2.45, 2.75) is 13.2 Å². The molecule has 1 amide bonds. The highest BCUT2D eigenvalue weighted by Gasteiger charge is 2.26. The van der Waals surface area contributed by atoms with Gasteiger partial charge in [0.2, 0.25) is 0 Å². The highest BCUT2D eigenvalue weighted by atomic mass is 35.5. The molecule has 0 N–H and O–H groups in total. The molecular weight excluding hydrogens is 474 g/mol. The standard InChI is InChI=1S/C29H28ClN3O3/c30-25-12-10-22(11-13-25)19-33-26-9-5-4-8-24(26)18-27(33)29(35)32-16-14-31(15-17-32)20-28(34)36-21-23-6-2-1-3-7-23/h1-13,18H,14-17,19-21H2. The molecular formula is C29H28ClN3O3. The summed E-state index contributed by atoms with van der Waals surface area (Å²) in [7, 11) is 0. The number of hydrogen-bond acceptors (Lipinski definition) is 4. The molecule has 1 saturated heterocycles. The summed E-state index contributed by atoms with van der Waals surface area (Å²) in [5.41, 5.74) is 3.74. The second kappa shape index (κ2) is 11.0. The fourth-order valence-corrected chi connectivity index (χ4v) is 4.69. The summed E-state index contributed by atoms with van der Waals surface area (Å²) in [5.74, 6) is -0.242. The number of esters is 1. The van der Waals surface area contributed by atoms with Gasteiger partial charge in [-0.25, -0.2) is 0 Å². The van der Waals surface area contributed by atoms with E-state index in [1.807, 2.05) is 94.7 Å². The Hall–Kier alpha value is -3.61. The predicted molar refractivity (Wildman–Crippen MR) is 141 cm³/mol. The average Bonchev–Trinajstić information content (AvgIpc) is 3.27. The van der Waals surface area contributed by atoms with Gasteiger partial charge in [0.15, 0.2) is 0 Å². The lowest BCUT2D eigenvalue weighted by Gasteiger charge is -2.34. The summed E-state index contributed by atoms with van der Waals surface area (Å²) >= 11 is 6.06. The van der Waals surface area contributed by atoms with Crippen LogP contribution in [0.25, 0.3) is 10.9 Å². The van der Waals surface area contributed by atoms with E-state index in [1.165, 1.54) is 0 Å². The molecule has 0 unspecified atom stereocenters. The maximum Gasteiger partial charge on any atom is 0.320 e. The van der Waals surface area contributed by atoms with E-state index in [1.54, 1.807) is 0 Å². The summed E-state index contributed by atoms with van der Waals surface area (Å²) in [6.07, 6.45) is 0. The van der Waals surface area contributed by atoms with Crippen LogP contribution < -0.4 is 0 Å². The van der Waals surface area contributed by atoms with Gasteiger partial charge >= 0.3 is 5.97 Å². The van der Waals surface area contributed by atoms with Gasteiger partial charge in [0, 0.05) is 48.6 Å². The highest BCUT2D eigenvalue weighted by Crippen LogP contribution is 2.23. The first-order valence-electron chi connectivity index (χ1n) is 12.1. The molecule has 0 radical (unpaired) electrons. The van der Waals surface area contributed by atoms with E-state index in [9.17, 15) is 9.59 Å². The number of fused-ring (bicyclic) bond motifs is 1. The van der Waals surface area contributed by atoms with Crippen molar-refractivity contribution in [3.63, 3.8) is 0 Å². The lowest BCUT2D eigenvalue weighted by Crippen LogP contribution is -2.50. The lowest BCUT2D eigenvalue weighted by atomic mass is 10.2. The number of aromatic nitrogens is 1. The van der Waals surface area contributed by atoms with Crippen molar-refractivity contribution >= 4 is 34.4 Å². The van der Waals surface area contributed by atoms with E-state index in [0.717, 1.165) is 22.0 Å². The van der Waals surface area contributed by atoms with Crippen molar-refractivity contribution in [3.05, 3.63) is 107 Å². The zero-order valence-electron chi connectivity index (χ0n) is 20.0. The van der Waals surface area contributed by atoms with Gasteiger partial charge in [-0.05, 0) is 35.4 Å². The van der Waals surface area contributed by atoms with Crippen LogP contribution in [0, 0.1) is 0 Å². The summed E-state index contributed by atoms with van der Waals surface area (Å²) in [4.78, 5) is 29.8. The van der Waals surface area contributed by atoms with E-state index in [4.69, 9.17) is 16.3 Å². The third-order valence-corrected chi connectivity index (χ3v) is 6.79. The Morgan fingerprint density at radius 3 is 2.25 bits per heavy atom. The van der Waals surface area contributed by atoms with E-state index in [2.05, 4.69) is 4.57 Å². The van der Waals surface area contributed by atoms with Gasteiger partial charge in [-0.2, -0.15) is 0 Å². The molecule has 4 aromatic rings. The van der Waals surface area contributed by atoms with E-state index in [-0.39, 0.29) is 25.0 Å². The minimum absolute atomic E-state index is 0.00599. The third-order valence-electron chi connectivity index (χ3n) is 6.54. The molecule has 5 rings (SSSR count). The first-order chi connectivity index (χ1) is 17.6. The van der Waals surface area contributed by atoms with Crippen LogP contribution in [0.4, 0.5) is 0 Å². The molecule has 36 heavy (non-hydrogen) atoms. The first kappa shape index (κ1) is 24.1. The fraction of sp³-hybridized carbons (Fsp3) is 0.241. The number of rotatable bonds is 7. The zero-order valence-corrected chi connectivity index (χ0v) is 20.7. The van der Waals surface area contributed by atoms with Crippen LogP contribution in [0.2, 0.25) is 5.02 Å². The van der Waals surface area contributed by atoms with Crippen LogP contribution in [0.15, 0.2) is 84.9 Å². The average molecular weight is 502 g/mol. The summed E-state index contributed by atoms with van der Waals surface area (Å²) in [6, 6.07) is 27.4. The minimum atomic E-state index is -0.248. The summed E-state index contributed by atoms with van der Waals surface area (Å²) in [5, 5.41) is 1.73. The van der Waals surface area contributed by atoms with Crippen LogP contribution in [0.3, 0.4) is 0 Å². The van der Waals surface area contributed by atoms with Crippen molar-refractivity contribution in [1.29, 1.82) is 0 Å². The molecule has 0 spiro atoms. The minimum Gasteiger partial charge on any atom is -0.460 e. The van der Waals surface area contributed by atoms with E-state index in [0.29, 0.717) is 43.4 Å². The molecule has 0 aliphatic carbocycles. The Morgan fingerprint density at radius 2 is 1.50 bits per heavy atom. The van der Waals surface area contributed by atoms with Crippen molar-refractivity contribution in [2.24, 2.45) is 0 Å². The molecule has 1 aromatic heterocycles. The molecule has 1 aliphatic rings. The number of benzene rings is 3. The molecule has 1 aliphatic heterocycles. The molecule has 3 aromatic carbocycles. The Balaban J connectivity index is 1.23. The molecule has 7 heteroatoms. The van der Waals surface area contributed by atoms with Gasteiger partial charge in [0.25, 0.3) is 5.91 Å². The first-order valence-corrected chi connectivity index (χ1v) is 12.5. The number of hydrogen-bond donors (Lipinski definition) is 0. The number of carbonyl (C=O) groups excluding carboxylic acids is 2. The van der Waals surface area contributed by atoms with Crippen LogP contribution in [0.1, 0.15) is 21.6 Å². The highest BCUT2D eigenvalue weighted by molar-refractivity contribution is 6.30. The molecule has 0 bridgehead atoms. The SMILES string of the molecule is O=C(CN1CCN(C(=O)c2cc3ccccc3n2Cc2ccc(Cl)cc2)CC1)OCc1ccccc1. The van der Waals surface area contributed by atoms with Gasteiger partial charge in [0.1, 0.15) is 12.3 Å². The Bertz CT molecular complexity index is 1340. The van der Waals surface area contributed by atoms with Gasteiger partial charge in [-0.1, -0.05) is 72.3 Å². The van der Waals surface area contributed by atoms with Crippen LogP contribution >= 0.6 is 11.6 Å². The second-order valence-electron chi connectivity index (χ2n) is 9.02. The van der Waals surface area contributed by atoms with Crippen molar-refractivity contribution in [3.8, 4) is 0 Å². The molecule has 6 nitrogen and oxygen atoms in total. The number of piperazine rings is 1. The fourth-order valence-electron chi connectivity index (χ4n) is 4.57. The summed E-state index contributed by atoms with van der Waals surface area (Å²) in [6.45, 7) is 3.47. The quantitative estimate of drug-likeness (QED) is 0.340. The number of nitrogens with zero attached hydrogens (tertiary/aromatic N) is 3. The lowest BCUT2D eigenvalue weighted by molar-refractivity contribution is -0.146. The number of para-hydroxylation sites is 1.